The van der Waals surface area contributed by atoms with Crippen LogP contribution in [-0.2, 0) is 6.42 Å². The maximum absolute atomic E-state index is 4.30. The van der Waals surface area contributed by atoms with Gasteiger partial charge in [-0.25, -0.2) is 0 Å². The third-order valence-electron chi connectivity index (χ3n) is 4.26. The molecule has 0 amide bonds. The lowest BCUT2D eigenvalue weighted by atomic mass is 10.1. The molecule has 1 heterocycles. The summed E-state index contributed by atoms with van der Waals surface area (Å²) in [5.74, 6) is 0.877. The van der Waals surface area contributed by atoms with Crippen LogP contribution >= 0.6 is 24.0 Å². The van der Waals surface area contributed by atoms with Crippen molar-refractivity contribution in [1.82, 2.24) is 20.5 Å². The van der Waals surface area contributed by atoms with Gasteiger partial charge in [0.05, 0.1) is 0 Å². The van der Waals surface area contributed by atoms with E-state index in [1.54, 1.807) is 0 Å². The summed E-state index contributed by atoms with van der Waals surface area (Å²) >= 11 is 0. The van der Waals surface area contributed by atoms with Gasteiger partial charge in [0, 0.05) is 51.2 Å². The molecular formula is C19H36IN5. The van der Waals surface area contributed by atoms with E-state index >= 15 is 0 Å². The Labute approximate surface area is 171 Å². The van der Waals surface area contributed by atoms with E-state index in [4.69, 9.17) is 0 Å². The van der Waals surface area contributed by atoms with Crippen molar-refractivity contribution in [2.24, 2.45) is 4.99 Å². The van der Waals surface area contributed by atoms with Crippen LogP contribution in [0.3, 0.4) is 0 Å². The molecule has 0 saturated carbocycles. The van der Waals surface area contributed by atoms with Crippen LogP contribution in [-0.4, -0.2) is 54.6 Å². The highest BCUT2D eigenvalue weighted by Gasteiger charge is 2.12. The van der Waals surface area contributed by atoms with Gasteiger partial charge in [-0.3, -0.25) is 14.9 Å². The van der Waals surface area contributed by atoms with Gasteiger partial charge >= 0.3 is 0 Å². The Hall–Kier alpha value is -0.890. The number of pyridine rings is 1. The van der Waals surface area contributed by atoms with Crippen LogP contribution in [0.5, 0.6) is 0 Å². The zero-order valence-electron chi connectivity index (χ0n) is 16.7. The quantitative estimate of drug-likeness (QED) is 0.257. The molecule has 0 saturated heterocycles. The number of guanidine groups is 1. The first-order chi connectivity index (χ1) is 11.5. The molecule has 0 aliphatic heterocycles. The first kappa shape index (κ1) is 24.1. The standard InChI is InChI=1S/C19H35N5.HI/c1-15(2)24(16(3)4)13-7-10-22-19(20-6)23-12-9-18-8-11-21-14-17(18)5;/h8,11,14-16H,7,9-10,12-13H2,1-6H3,(H2,20,22,23);1H. The van der Waals surface area contributed by atoms with E-state index in [9.17, 15) is 0 Å². The second-order valence-electron chi connectivity index (χ2n) is 6.76. The average molecular weight is 461 g/mol. The van der Waals surface area contributed by atoms with Crippen molar-refractivity contribution in [3.05, 3.63) is 29.6 Å². The maximum atomic E-state index is 4.30. The Bertz CT molecular complexity index is 494. The van der Waals surface area contributed by atoms with Crippen LogP contribution in [0.2, 0.25) is 0 Å². The number of hydrogen-bond acceptors (Lipinski definition) is 3. The van der Waals surface area contributed by atoms with E-state index in [1.165, 1.54) is 11.1 Å². The summed E-state index contributed by atoms with van der Waals surface area (Å²) in [6.07, 6.45) is 5.85. The Balaban J connectivity index is 0.00000576. The number of halogens is 1. The molecule has 1 aromatic heterocycles. The van der Waals surface area contributed by atoms with E-state index in [-0.39, 0.29) is 24.0 Å². The fourth-order valence-electron chi connectivity index (χ4n) is 2.90. The number of aryl methyl sites for hydroxylation is 1. The van der Waals surface area contributed by atoms with Crippen molar-refractivity contribution in [3.63, 3.8) is 0 Å². The topological polar surface area (TPSA) is 52.6 Å². The molecule has 1 rings (SSSR count). The number of rotatable bonds is 9. The van der Waals surface area contributed by atoms with Crippen LogP contribution in [0.25, 0.3) is 0 Å². The zero-order valence-corrected chi connectivity index (χ0v) is 19.0. The fourth-order valence-corrected chi connectivity index (χ4v) is 2.90. The van der Waals surface area contributed by atoms with Crippen molar-refractivity contribution in [2.75, 3.05) is 26.7 Å². The Morgan fingerprint density at radius 1 is 1.16 bits per heavy atom. The number of hydrogen-bond donors (Lipinski definition) is 2. The largest absolute Gasteiger partial charge is 0.356 e. The molecule has 5 nitrogen and oxygen atoms in total. The molecule has 0 fully saturated rings. The van der Waals surface area contributed by atoms with Gasteiger partial charge in [-0.05, 0) is 64.7 Å². The number of aromatic nitrogens is 1. The number of aliphatic imine (C=N–C) groups is 1. The van der Waals surface area contributed by atoms with Gasteiger partial charge in [0.15, 0.2) is 5.96 Å². The zero-order chi connectivity index (χ0) is 17.9. The normalized spacial score (nSPS) is 11.8. The first-order valence-electron chi connectivity index (χ1n) is 9.05. The summed E-state index contributed by atoms with van der Waals surface area (Å²) in [5, 5.41) is 6.79. The molecule has 6 heteroatoms. The summed E-state index contributed by atoms with van der Waals surface area (Å²) in [5.41, 5.74) is 2.57. The van der Waals surface area contributed by atoms with Crippen LogP contribution in [0.1, 0.15) is 45.2 Å². The predicted octanol–water partition coefficient (Wildman–Crippen LogP) is 3.22. The molecule has 0 unspecified atom stereocenters. The molecule has 0 aromatic carbocycles. The minimum atomic E-state index is 0. The Morgan fingerprint density at radius 3 is 2.36 bits per heavy atom. The second-order valence-corrected chi connectivity index (χ2v) is 6.76. The van der Waals surface area contributed by atoms with Crippen LogP contribution in [0, 0.1) is 6.92 Å². The van der Waals surface area contributed by atoms with Crippen molar-refractivity contribution < 1.29 is 0 Å². The molecule has 0 spiro atoms. The summed E-state index contributed by atoms with van der Waals surface area (Å²) in [7, 11) is 1.82. The van der Waals surface area contributed by atoms with Crippen molar-refractivity contribution in [1.29, 1.82) is 0 Å². The SMILES string of the molecule is CN=C(NCCCN(C(C)C)C(C)C)NCCc1ccncc1C.I. The van der Waals surface area contributed by atoms with Gasteiger partial charge in [-0.1, -0.05) is 0 Å². The van der Waals surface area contributed by atoms with Gasteiger partial charge in [0.25, 0.3) is 0 Å². The highest BCUT2D eigenvalue weighted by Crippen LogP contribution is 2.06. The van der Waals surface area contributed by atoms with E-state index in [0.717, 1.165) is 38.4 Å². The molecule has 2 N–H and O–H groups in total. The summed E-state index contributed by atoms with van der Waals surface area (Å²) in [6, 6.07) is 3.26. The van der Waals surface area contributed by atoms with Gasteiger partial charge < -0.3 is 10.6 Å². The van der Waals surface area contributed by atoms with Crippen LogP contribution < -0.4 is 10.6 Å². The van der Waals surface area contributed by atoms with Crippen LogP contribution in [0.4, 0.5) is 0 Å². The molecule has 0 bridgehead atoms. The van der Waals surface area contributed by atoms with Crippen LogP contribution in [0.15, 0.2) is 23.5 Å². The number of nitrogens with zero attached hydrogens (tertiary/aromatic N) is 3. The molecule has 1 aromatic rings. The van der Waals surface area contributed by atoms with Crippen molar-refractivity contribution >= 4 is 29.9 Å². The van der Waals surface area contributed by atoms with E-state index in [2.05, 4.69) is 66.2 Å². The molecular weight excluding hydrogens is 425 g/mol. The highest BCUT2D eigenvalue weighted by molar-refractivity contribution is 14.0. The monoisotopic (exact) mass is 461 g/mol. The van der Waals surface area contributed by atoms with Gasteiger partial charge in [-0.2, -0.15) is 0 Å². The molecule has 25 heavy (non-hydrogen) atoms. The smallest absolute Gasteiger partial charge is 0.190 e. The molecule has 0 atom stereocenters. The first-order valence-corrected chi connectivity index (χ1v) is 9.05. The lowest BCUT2D eigenvalue weighted by Crippen LogP contribution is -2.41. The molecule has 0 aliphatic rings. The summed E-state index contributed by atoms with van der Waals surface area (Å²) < 4.78 is 0. The lowest BCUT2D eigenvalue weighted by molar-refractivity contribution is 0.173. The Kier molecular flexibility index (Phi) is 12.9. The minimum Gasteiger partial charge on any atom is -0.356 e. The highest BCUT2D eigenvalue weighted by atomic mass is 127. The van der Waals surface area contributed by atoms with E-state index < -0.39 is 0 Å². The Morgan fingerprint density at radius 2 is 1.80 bits per heavy atom. The van der Waals surface area contributed by atoms with Gasteiger partial charge in [-0.15, -0.1) is 24.0 Å². The number of nitrogens with one attached hydrogen (secondary N) is 2. The van der Waals surface area contributed by atoms with E-state index in [1.807, 2.05) is 19.4 Å². The molecule has 0 radical (unpaired) electrons. The minimum absolute atomic E-state index is 0. The average Bonchev–Trinajstić information content (AvgIpc) is 2.53. The lowest BCUT2D eigenvalue weighted by Gasteiger charge is -2.30. The second kappa shape index (κ2) is 13.3. The molecule has 0 aliphatic carbocycles. The fraction of sp³-hybridized carbons (Fsp3) is 0.684. The predicted molar refractivity (Wildman–Crippen MR) is 119 cm³/mol. The molecule has 144 valence electrons. The maximum Gasteiger partial charge on any atom is 0.190 e. The summed E-state index contributed by atoms with van der Waals surface area (Å²) in [6.45, 7) is 14.0. The van der Waals surface area contributed by atoms with E-state index in [0.29, 0.717) is 12.1 Å². The van der Waals surface area contributed by atoms with Gasteiger partial charge in [0.2, 0.25) is 0 Å². The third kappa shape index (κ3) is 9.39. The summed E-state index contributed by atoms with van der Waals surface area (Å²) in [4.78, 5) is 10.9. The van der Waals surface area contributed by atoms with Crippen molar-refractivity contribution in [3.8, 4) is 0 Å². The van der Waals surface area contributed by atoms with Gasteiger partial charge in [0.1, 0.15) is 0 Å². The third-order valence-corrected chi connectivity index (χ3v) is 4.26. The van der Waals surface area contributed by atoms with Crippen molar-refractivity contribution in [2.45, 2.75) is 59.5 Å².